The Morgan fingerprint density at radius 3 is 3.05 bits per heavy atom. The number of hydrogen-bond donors (Lipinski definition) is 1. The third-order valence-electron chi connectivity index (χ3n) is 2.23. The van der Waals surface area contributed by atoms with Crippen molar-refractivity contribution in [2.45, 2.75) is 6.42 Å². The van der Waals surface area contributed by atoms with E-state index >= 15 is 0 Å². The molecule has 19 heavy (non-hydrogen) atoms. The summed E-state index contributed by atoms with van der Waals surface area (Å²) in [5.41, 5.74) is 0. The third-order valence-corrected chi connectivity index (χ3v) is 4.04. The lowest BCUT2D eigenvalue weighted by Crippen LogP contribution is -2.03. The first-order chi connectivity index (χ1) is 9.10. The van der Waals surface area contributed by atoms with Gasteiger partial charge in [-0.2, -0.15) is 0 Å². The van der Waals surface area contributed by atoms with Crippen molar-refractivity contribution >= 4 is 50.0 Å². The number of anilines is 1. The number of aromatic nitrogens is 1. The highest BCUT2D eigenvalue weighted by atomic mass is 79.9. The van der Waals surface area contributed by atoms with Crippen LogP contribution >= 0.6 is 38.9 Å². The van der Waals surface area contributed by atoms with E-state index in [4.69, 9.17) is 16.0 Å². The summed E-state index contributed by atoms with van der Waals surface area (Å²) >= 11 is 10.3. The largest absolute Gasteiger partial charge is 0.465 e. The van der Waals surface area contributed by atoms with Crippen LogP contribution in [0.5, 0.6) is 0 Å². The van der Waals surface area contributed by atoms with Crippen LogP contribution in [0, 0.1) is 0 Å². The maximum atomic E-state index is 11.4. The average Bonchev–Trinajstić information content (AvgIpc) is 2.95. The van der Waals surface area contributed by atoms with Crippen molar-refractivity contribution in [3.8, 4) is 0 Å². The number of ether oxygens (including phenoxy) is 1. The molecule has 0 spiro atoms. The van der Waals surface area contributed by atoms with Gasteiger partial charge in [-0.05, 0) is 28.1 Å². The highest BCUT2D eigenvalue weighted by Gasteiger charge is 2.17. The van der Waals surface area contributed by atoms with E-state index in [1.165, 1.54) is 7.11 Å². The maximum Gasteiger partial charge on any atom is 0.351 e. The lowest BCUT2D eigenvalue weighted by molar-refractivity contribution is 0.0606. The molecule has 1 N–H and O–H groups in total. The Morgan fingerprint density at radius 1 is 1.63 bits per heavy atom. The molecule has 2 aromatic rings. The van der Waals surface area contributed by atoms with E-state index in [1.807, 2.05) is 12.1 Å². The Balaban J connectivity index is 1.91. The van der Waals surface area contributed by atoms with Gasteiger partial charge in [-0.1, -0.05) is 22.9 Å². The molecule has 0 bridgehead atoms. The molecular weight excluding hydrogens is 356 g/mol. The number of furan rings is 1. The first-order valence-corrected chi connectivity index (χ1v) is 7.31. The zero-order valence-corrected chi connectivity index (χ0v) is 13.1. The zero-order valence-electron chi connectivity index (χ0n) is 9.91. The molecule has 0 aliphatic rings. The molecule has 0 aliphatic carbocycles. The van der Waals surface area contributed by atoms with Gasteiger partial charge < -0.3 is 14.5 Å². The normalized spacial score (nSPS) is 10.5. The minimum absolute atomic E-state index is 0.153. The number of esters is 1. The van der Waals surface area contributed by atoms with Crippen LogP contribution in [-0.2, 0) is 11.2 Å². The van der Waals surface area contributed by atoms with E-state index in [0.29, 0.717) is 27.6 Å². The SMILES string of the molecule is COC(=O)c1sc(NCCc2ccc(Br)o2)nc1Cl. The van der Waals surface area contributed by atoms with Crippen LogP contribution in [0.25, 0.3) is 0 Å². The van der Waals surface area contributed by atoms with Crippen molar-refractivity contribution in [1.82, 2.24) is 4.98 Å². The molecular formula is C11H10BrClN2O3S. The summed E-state index contributed by atoms with van der Waals surface area (Å²) in [5, 5.41) is 3.81. The fraction of sp³-hybridized carbons (Fsp3) is 0.273. The summed E-state index contributed by atoms with van der Waals surface area (Å²) in [6, 6.07) is 3.73. The van der Waals surface area contributed by atoms with Gasteiger partial charge in [0.2, 0.25) is 0 Å². The van der Waals surface area contributed by atoms with Crippen molar-refractivity contribution < 1.29 is 13.9 Å². The molecule has 0 fully saturated rings. The fourth-order valence-corrected chi connectivity index (χ4v) is 2.84. The van der Waals surface area contributed by atoms with E-state index in [1.54, 1.807) is 0 Å². The van der Waals surface area contributed by atoms with Crippen LogP contribution in [0.3, 0.4) is 0 Å². The van der Waals surface area contributed by atoms with Crippen LogP contribution in [0.15, 0.2) is 21.2 Å². The highest BCUT2D eigenvalue weighted by Crippen LogP contribution is 2.27. The van der Waals surface area contributed by atoms with Gasteiger partial charge in [0, 0.05) is 13.0 Å². The van der Waals surface area contributed by atoms with Crippen LogP contribution in [-0.4, -0.2) is 24.6 Å². The van der Waals surface area contributed by atoms with Gasteiger partial charge in [0.25, 0.3) is 0 Å². The summed E-state index contributed by atoms with van der Waals surface area (Å²) in [5.74, 6) is 0.376. The van der Waals surface area contributed by atoms with E-state index in [0.717, 1.165) is 17.1 Å². The smallest absolute Gasteiger partial charge is 0.351 e. The van der Waals surface area contributed by atoms with Crippen molar-refractivity contribution in [2.24, 2.45) is 0 Å². The van der Waals surface area contributed by atoms with Crippen molar-refractivity contribution in [3.05, 3.63) is 32.6 Å². The van der Waals surface area contributed by atoms with Gasteiger partial charge in [-0.3, -0.25) is 0 Å². The van der Waals surface area contributed by atoms with Gasteiger partial charge in [0.05, 0.1) is 7.11 Å². The monoisotopic (exact) mass is 364 g/mol. The van der Waals surface area contributed by atoms with E-state index in [2.05, 4.69) is 31.0 Å². The molecule has 0 aromatic carbocycles. The topological polar surface area (TPSA) is 64.4 Å². The average molecular weight is 366 g/mol. The van der Waals surface area contributed by atoms with Crippen LogP contribution in [0.2, 0.25) is 5.15 Å². The predicted molar refractivity (Wildman–Crippen MR) is 77.1 cm³/mol. The van der Waals surface area contributed by atoms with Crippen LogP contribution in [0.1, 0.15) is 15.4 Å². The molecule has 5 nitrogen and oxygen atoms in total. The minimum Gasteiger partial charge on any atom is -0.465 e. The molecule has 2 aromatic heterocycles. The van der Waals surface area contributed by atoms with Gasteiger partial charge in [0.15, 0.2) is 19.8 Å². The molecule has 0 amide bonds. The number of carbonyl (C=O) groups is 1. The number of nitrogens with one attached hydrogen (secondary N) is 1. The molecule has 0 unspecified atom stereocenters. The number of thiazole rings is 1. The van der Waals surface area contributed by atoms with Crippen molar-refractivity contribution in [2.75, 3.05) is 19.0 Å². The Bertz CT molecular complexity index is 584. The molecule has 8 heteroatoms. The summed E-state index contributed by atoms with van der Waals surface area (Å²) in [6.07, 6.45) is 0.705. The second-order valence-electron chi connectivity index (χ2n) is 3.51. The second-order valence-corrected chi connectivity index (χ2v) is 5.65. The first-order valence-electron chi connectivity index (χ1n) is 5.33. The minimum atomic E-state index is -0.481. The Hall–Kier alpha value is -1.05. The number of halogens is 2. The Labute approximate surface area is 127 Å². The molecule has 2 heterocycles. The standard InChI is InChI=1S/C11H10BrClN2O3S/c1-17-10(16)8-9(13)15-11(19-8)14-5-4-6-2-3-7(12)18-6/h2-3H,4-5H2,1H3,(H,14,15). The number of hydrogen-bond acceptors (Lipinski definition) is 6. The summed E-state index contributed by atoms with van der Waals surface area (Å²) in [6.45, 7) is 0.629. The molecule has 0 saturated carbocycles. The van der Waals surface area contributed by atoms with E-state index in [9.17, 15) is 4.79 Å². The predicted octanol–water partition coefficient (Wildman–Crippen LogP) is 3.59. The number of carbonyl (C=O) groups excluding carboxylic acids is 1. The molecule has 0 saturated heterocycles. The first kappa shape index (κ1) is 14.4. The van der Waals surface area contributed by atoms with Crippen LogP contribution < -0.4 is 5.32 Å². The summed E-state index contributed by atoms with van der Waals surface area (Å²) < 4.78 is 10.7. The number of rotatable bonds is 5. The molecule has 0 radical (unpaired) electrons. The van der Waals surface area contributed by atoms with Gasteiger partial charge in [-0.15, -0.1) is 0 Å². The van der Waals surface area contributed by atoms with Gasteiger partial charge in [-0.25, -0.2) is 9.78 Å². The van der Waals surface area contributed by atoms with Crippen LogP contribution in [0.4, 0.5) is 5.13 Å². The quantitative estimate of drug-likeness (QED) is 0.820. The lowest BCUT2D eigenvalue weighted by Gasteiger charge is -1.99. The Kier molecular flexibility index (Phi) is 4.84. The van der Waals surface area contributed by atoms with Crippen molar-refractivity contribution in [1.29, 1.82) is 0 Å². The molecule has 2 rings (SSSR count). The summed E-state index contributed by atoms with van der Waals surface area (Å²) in [7, 11) is 1.31. The second kappa shape index (κ2) is 6.40. The number of methoxy groups -OCH3 is 1. The summed E-state index contributed by atoms with van der Waals surface area (Å²) in [4.78, 5) is 15.7. The fourth-order valence-electron chi connectivity index (χ4n) is 1.37. The van der Waals surface area contributed by atoms with Gasteiger partial charge >= 0.3 is 5.97 Å². The van der Waals surface area contributed by atoms with Gasteiger partial charge in [0.1, 0.15) is 5.76 Å². The molecule has 0 aliphatic heterocycles. The molecule has 0 atom stereocenters. The Morgan fingerprint density at radius 2 is 2.42 bits per heavy atom. The third kappa shape index (κ3) is 3.71. The highest BCUT2D eigenvalue weighted by molar-refractivity contribution is 9.10. The lowest BCUT2D eigenvalue weighted by atomic mass is 10.3. The van der Waals surface area contributed by atoms with E-state index in [-0.39, 0.29) is 5.15 Å². The number of nitrogens with zero attached hydrogens (tertiary/aromatic N) is 1. The van der Waals surface area contributed by atoms with Crippen molar-refractivity contribution in [3.63, 3.8) is 0 Å². The van der Waals surface area contributed by atoms with E-state index < -0.39 is 5.97 Å². The molecule has 102 valence electrons. The zero-order chi connectivity index (χ0) is 13.8. The maximum absolute atomic E-state index is 11.4.